The molecule has 3 N–H and O–H groups in total. The summed E-state index contributed by atoms with van der Waals surface area (Å²) in [6, 6.07) is 15.0. The van der Waals surface area contributed by atoms with Crippen molar-refractivity contribution in [2.45, 2.75) is 18.5 Å². The van der Waals surface area contributed by atoms with Crippen molar-refractivity contribution >= 4 is 40.3 Å². The van der Waals surface area contributed by atoms with E-state index >= 15 is 0 Å². The molecular formula is C22H18N4O5S. The van der Waals surface area contributed by atoms with Gasteiger partial charge in [-0.3, -0.25) is 9.59 Å². The molecule has 0 saturated carbocycles. The summed E-state index contributed by atoms with van der Waals surface area (Å²) in [7, 11) is 0. The van der Waals surface area contributed by atoms with Gasteiger partial charge in [-0.15, -0.1) is 11.3 Å². The van der Waals surface area contributed by atoms with Gasteiger partial charge < -0.3 is 15.7 Å². The second-order valence-corrected chi connectivity index (χ2v) is 7.90. The zero-order valence-corrected chi connectivity index (χ0v) is 17.4. The van der Waals surface area contributed by atoms with E-state index in [-0.39, 0.29) is 17.2 Å². The van der Waals surface area contributed by atoms with Crippen molar-refractivity contribution in [3.05, 3.63) is 82.9 Å². The van der Waals surface area contributed by atoms with E-state index in [2.05, 4.69) is 15.6 Å². The number of benzene rings is 2. The number of carbonyl (C=O) groups excluding carboxylic acids is 3. The first-order valence-corrected chi connectivity index (χ1v) is 10.5. The molecule has 1 aliphatic rings. The molecule has 0 radical (unpaired) electrons. The number of hydrogen-bond donors (Lipinski definition) is 3. The molecule has 162 valence electrons. The normalized spacial score (nSPS) is 16.5. The van der Waals surface area contributed by atoms with E-state index in [0.717, 1.165) is 21.8 Å². The molecule has 2 atom stereocenters. The summed E-state index contributed by atoms with van der Waals surface area (Å²) in [5.41, 5.74) is 1.16. The number of hydrogen-bond acceptors (Lipinski definition) is 6. The average molecular weight is 450 g/mol. The highest BCUT2D eigenvalue weighted by molar-refractivity contribution is 7.14. The minimum atomic E-state index is -1.22. The molecule has 0 unspecified atom stereocenters. The van der Waals surface area contributed by atoms with Crippen molar-refractivity contribution in [2.75, 3.05) is 5.32 Å². The van der Waals surface area contributed by atoms with Crippen LogP contribution in [0.5, 0.6) is 0 Å². The van der Waals surface area contributed by atoms with Gasteiger partial charge in [0.05, 0.1) is 0 Å². The SMILES string of the molecule is O=C(O)c1csc(NC(=O)[C@H](Cc2ccccc2)N2C(=O)N[C@H](c3ccccc3)C2=O)n1. The van der Waals surface area contributed by atoms with Crippen LogP contribution in [0.15, 0.2) is 66.0 Å². The first-order chi connectivity index (χ1) is 15.4. The largest absolute Gasteiger partial charge is 0.476 e. The van der Waals surface area contributed by atoms with E-state index in [1.807, 2.05) is 6.07 Å². The Kier molecular flexibility index (Phi) is 5.95. The Bertz CT molecular complexity index is 1170. The number of nitrogens with zero attached hydrogens (tertiary/aromatic N) is 2. The fraction of sp³-hybridized carbons (Fsp3) is 0.136. The molecule has 4 rings (SSSR count). The van der Waals surface area contributed by atoms with Gasteiger partial charge in [-0.05, 0) is 11.1 Å². The van der Waals surface area contributed by atoms with Crippen LogP contribution in [-0.2, 0) is 16.0 Å². The zero-order chi connectivity index (χ0) is 22.7. The van der Waals surface area contributed by atoms with Crippen LogP contribution in [-0.4, -0.2) is 44.8 Å². The third-order valence-corrected chi connectivity index (χ3v) is 5.70. The second-order valence-electron chi connectivity index (χ2n) is 7.04. The maximum absolute atomic E-state index is 13.2. The average Bonchev–Trinajstić information content (AvgIpc) is 3.38. The smallest absolute Gasteiger partial charge is 0.355 e. The molecule has 1 aliphatic heterocycles. The number of nitrogens with one attached hydrogen (secondary N) is 2. The lowest BCUT2D eigenvalue weighted by atomic mass is 10.0. The van der Waals surface area contributed by atoms with Gasteiger partial charge in [-0.25, -0.2) is 19.5 Å². The number of thiazole rings is 1. The number of carboxylic acids is 1. The summed E-state index contributed by atoms with van der Waals surface area (Å²) < 4.78 is 0. The summed E-state index contributed by atoms with van der Waals surface area (Å²) in [5, 5.41) is 15.6. The number of amides is 4. The van der Waals surface area contributed by atoms with E-state index in [9.17, 15) is 19.2 Å². The predicted octanol–water partition coefficient (Wildman–Crippen LogP) is 2.68. The van der Waals surface area contributed by atoms with Crippen LogP contribution in [0.3, 0.4) is 0 Å². The lowest BCUT2D eigenvalue weighted by Crippen LogP contribution is -2.49. The van der Waals surface area contributed by atoms with Crippen LogP contribution >= 0.6 is 11.3 Å². The zero-order valence-electron chi connectivity index (χ0n) is 16.6. The Morgan fingerprint density at radius 2 is 1.75 bits per heavy atom. The third kappa shape index (κ3) is 4.35. The number of imide groups is 1. The Balaban J connectivity index is 1.62. The molecule has 0 bridgehead atoms. The van der Waals surface area contributed by atoms with Gasteiger partial charge in [0.1, 0.15) is 12.1 Å². The summed E-state index contributed by atoms with van der Waals surface area (Å²) in [5.74, 6) is -2.40. The Morgan fingerprint density at radius 3 is 2.38 bits per heavy atom. The van der Waals surface area contributed by atoms with Crippen molar-refractivity contribution < 1.29 is 24.3 Å². The van der Waals surface area contributed by atoms with Gasteiger partial charge in [0, 0.05) is 11.8 Å². The number of rotatable bonds is 7. The molecule has 2 aromatic carbocycles. The molecule has 10 heteroatoms. The summed E-state index contributed by atoms with van der Waals surface area (Å²) in [4.78, 5) is 54.9. The number of carbonyl (C=O) groups is 4. The number of carboxylic acid groups (broad SMARTS) is 1. The fourth-order valence-electron chi connectivity index (χ4n) is 3.42. The number of urea groups is 1. The van der Waals surface area contributed by atoms with Gasteiger partial charge in [0.25, 0.3) is 5.91 Å². The molecule has 32 heavy (non-hydrogen) atoms. The van der Waals surface area contributed by atoms with E-state index in [4.69, 9.17) is 5.11 Å². The Morgan fingerprint density at radius 1 is 1.09 bits per heavy atom. The third-order valence-electron chi connectivity index (χ3n) is 4.94. The first-order valence-electron chi connectivity index (χ1n) is 9.66. The highest BCUT2D eigenvalue weighted by atomic mass is 32.1. The number of aromatic nitrogens is 1. The molecule has 9 nitrogen and oxygen atoms in total. The maximum atomic E-state index is 13.2. The monoisotopic (exact) mass is 450 g/mol. The van der Waals surface area contributed by atoms with E-state index in [1.165, 1.54) is 5.38 Å². The van der Waals surface area contributed by atoms with Crippen molar-refractivity contribution in [3.8, 4) is 0 Å². The van der Waals surface area contributed by atoms with Crippen molar-refractivity contribution in [1.82, 2.24) is 15.2 Å². The number of anilines is 1. The fourth-order valence-corrected chi connectivity index (χ4v) is 4.10. The van der Waals surface area contributed by atoms with Crippen molar-refractivity contribution in [3.63, 3.8) is 0 Å². The highest BCUT2D eigenvalue weighted by Gasteiger charge is 2.45. The minimum absolute atomic E-state index is 0.0668. The summed E-state index contributed by atoms with van der Waals surface area (Å²) in [6.45, 7) is 0. The molecule has 1 aromatic heterocycles. The van der Waals surface area contributed by atoms with Crippen LogP contribution in [0.2, 0.25) is 0 Å². The van der Waals surface area contributed by atoms with Crippen LogP contribution in [0.25, 0.3) is 0 Å². The van der Waals surface area contributed by atoms with E-state index < -0.39 is 35.9 Å². The standard InChI is InChI=1S/C22H18N4O5S/c27-18(25-21-23-15(12-32-21)20(29)30)16(11-13-7-3-1-4-8-13)26-19(28)17(24-22(26)31)14-9-5-2-6-10-14/h1-10,12,16-17H,11H2,(H,24,31)(H,29,30)(H,23,25,27)/t16-,17+/m0/s1. The van der Waals surface area contributed by atoms with Crippen LogP contribution in [0.4, 0.5) is 9.93 Å². The maximum Gasteiger partial charge on any atom is 0.355 e. The molecule has 0 spiro atoms. The molecule has 3 aromatic rings. The second kappa shape index (κ2) is 8.98. The lowest BCUT2D eigenvalue weighted by Gasteiger charge is -2.24. The van der Waals surface area contributed by atoms with E-state index in [1.54, 1.807) is 54.6 Å². The molecule has 2 heterocycles. The highest BCUT2D eigenvalue weighted by Crippen LogP contribution is 2.26. The summed E-state index contributed by atoms with van der Waals surface area (Å²) >= 11 is 0.944. The molecular weight excluding hydrogens is 432 g/mol. The summed E-state index contributed by atoms with van der Waals surface area (Å²) in [6.07, 6.45) is 0.0878. The molecule has 1 saturated heterocycles. The Hall–Kier alpha value is -4.05. The van der Waals surface area contributed by atoms with Gasteiger partial charge in [-0.2, -0.15) is 0 Å². The quantitative estimate of drug-likeness (QED) is 0.475. The van der Waals surface area contributed by atoms with Crippen LogP contribution in [0.1, 0.15) is 27.7 Å². The first kappa shape index (κ1) is 21.2. The molecule has 1 fully saturated rings. The topological polar surface area (TPSA) is 129 Å². The molecule has 0 aliphatic carbocycles. The van der Waals surface area contributed by atoms with Crippen LogP contribution < -0.4 is 10.6 Å². The van der Waals surface area contributed by atoms with Crippen LogP contribution in [0, 0.1) is 0 Å². The predicted molar refractivity (Wildman–Crippen MR) is 116 cm³/mol. The van der Waals surface area contributed by atoms with Gasteiger partial charge in [-0.1, -0.05) is 60.7 Å². The van der Waals surface area contributed by atoms with Crippen molar-refractivity contribution in [1.29, 1.82) is 0 Å². The minimum Gasteiger partial charge on any atom is -0.476 e. The number of aromatic carboxylic acids is 1. The van der Waals surface area contributed by atoms with Gasteiger partial charge >= 0.3 is 12.0 Å². The lowest BCUT2D eigenvalue weighted by molar-refractivity contribution is -0.134. The van der Waals surface area contributed by atoms with Gasteiger partial charge in [0.2, 0.25) is 5.91 Å². The molecule has 4 amide bonds. The van der Waals surface area contributed by atoms with Crippen molar-refractivity contribution in [2.24, 2.45) is 0 Å². The Labute approximate surface area is 186 Å². The van der Waals surface area contributed by atoms with Gasteiger partial charge in [0.15, 0.2) is 10.8 Å². The van der Waals surface area contributed by atoms with E-state index in [0.29, 0.717) is 5.56 Å².